The van der Waals surface area contributed by atoms with Gasteiger partial charge in [-0.25, -0.2) is 4.98 Å². The van der Waals surface area contributed by atoms with Gasteiger partial charge in [0.25, 0.3) is 5.88 Å². The first-order valence-electron chi connectivity index (χ1n) is 6.44. The van der Waals surface area contributed by atoms with E-state index in [2.05, 4.69) is 15.0 Å². The third-order valence-electron chi connectivity index (χ3n) is 3.22. The Morgan fingerprint density at radius 3 is 2.86 bits per heavy atom. The number of aliphatic hydroxyl groups is 3. The molecule has 0 unspecified atom stereocenters. The summed E-state index contributed by atoms with van der Waals surface area (Å²) in [5.74, 6) is 0.368. The zero-order valence-electron chi connectivity index (χ0n) is 11.7. The summed E-state index contributed by atoms with van der Waals surface area (Å²) in [6.07, 6.45) is -3.71. The van der Waals surface area contributed by atoms with Gasteiger partial charge < -0.3 is 29.5 Å². The molecule has 2 rings (SSSR count). The Labute approximate surface area is 125 Å². The second-order valence-electron chi connectivity index (χ2n) is 4.53. The van der Waals surface area contributed by atoms with Crippen LogP contribution in [0.3, 0.4) is 0 Å². The van der Waals surface area contributed by atoms with E-state index in [0.717, 1.165) is 0 Å². The first kappa shape index (κ1) is 16.3. The first-order chi connectivity index (χ1) is 10.6. The molecule has 1 saturated heterocycles. The van der Waals surface area contributed by atoms with Crippen LogP contribution in [0.4, 0.5) is 0 Å². The molecule has 1 aliphatic heterocycles. The van der Waals surface area contributed by atoms with Crippen molar-refractivity contribution in [2.75, 3.05) is 13.7 Å². The fourth-order valence-electron chi connectivity index (χ4n) is 2.09. The zero-order chi connectivity index (χ0) is 16.1. The van der Waals surface area contributed by atoms with Gasteiger partial charge in [0.2, 0.25) is 6.29 Å². The van der Waals surface area contributed by atoms with E-state index in [4.69, 9.17) is 19.7 Å². The Hall–Kier alpha value is -2.10. The number of nitrogens with zero attached hydrogens (tertiary/aromatic N) is 4. The summed E-state index contributed by atoms with van der Waals surface area (Å²) < 4.78 is 15.8. The van der Waals surface area contributed by atoms with Crippen LogP contribution in [0.2, 0.25) is 0 Å². The highest BCUT2D eigenvalue weighted by Gasteiger charge is 2.45. The molecule has 5 atom stereocenters. The summed E-state index contributed by atoms with van der Waals surface area (Å²) in [5.41, 5.74) is 8.53. The smallest absolute Gasteiger partial charge is 0.259 e. The molecular formula is C12H16N4O6. The third-order valence-corrected chi connectivity index (χ3v) is 3.22. The minimum Gasteiger partial charge on any atom is -0.491 e. The molecule has 10 heteroatoms. The van der Waals surface area contributed by atoms with Crippen LogP contribution in [0.1, 0.15) is 0 Å². The molecule has 0 bridgehead atoms. The van der Waals surface area contributed by atoms with Gasteiger partial charge in [-0.15, -0.1) is 0 Å². The van der Waals surface area contributed by atoms with Crippen molar-refractivity contribution in [3.05, 3.63) is 28.8 Å². The van der Waals surface area contributed by atoms with E-state index >= 15 is 0 Å². The lowest BCUT2D eigenvalue weighted by molar-refractivity contribution is -0.248. The van der Waals surface area contributed by atoms with Gasteiger partial charge in [-0.05, 0) is 17.7 Å². The number of methoxy groups -OCH3 is 1. The van der Waals surface area contributed by atoms with E-state index < -0.39 is 37.3 Å². The highest BCUT2D eigenvalue weighted by molar-refractivity contribution is 5.32. The second-order valence-corrected chi connectivity index (χ2v) is 4.53. The first-order valence-corrected chi connectivity index (χ1v) is 6.44. The maximum atomic E-state index is 10.1. The van der Waals surface area contributed by atoms with Gasteiger partial charge in [-0.1, -0.05) is 5.11 Å². The molecule has 0 aromatic carbocycles. The van der Waals surface area contributed by atoms with Crippen LogP contribution in [0, 0.1) is 0 Å². The van der Waals surface area contributed by atoms with Crippen LogP contribution in [-0.2, 0) is 4.74 Å². The van der Waals surface area contributed by atoms with Crippen LogP contribution < -0.4 is 9.47 Å². The summed E-state index contributed by atoms with van der Waals surface area (Å²) in [4.78, 5) is 6.53. The van der Waals surface area contributed by atoms with E-state index in [9.17, 15) is 15.3 Å². The maximum absolute atomic E-state index is 10.1. The Morgan fingerprint density at radius 2 is 2.23 bits per heavy atom. The molecule has 2 heterocycles. The summed E-state index contributed by atoms with van der Waals surface area (Å²) in [6, 6.07) is 2.00. The number of pyridine rings is 1. The van der Waals surface area contributed by atoms with E-state index in [0.29, 0.717) is 5.75 Å². The molecule has 0 saturated carbocycles. The van der Waals surface area contributed by atoms with Crippen molar-refractivity contribution >= 4 is 0 Å². The standard InChI is InChI=1S/C12H16N4O6/c1-20-6-3-2-4-14-11(6)22-12-10(19)8(15-16-13)9(18)7(5-17)21-12/h2-4,7-10,12,17-19H,5H2,1H3/t7-,8+,9-,10-,12+/m1/s1. The van der Waals surface area contributed by atoms with Crippen molar-refractivity contribution in [2.24, 2.45) is 5.11 Å². The van der Waals surface area contributed by atoms with Gasteiger partial charge in [0, 0.05) is 11.1 Å². The van der Waals surface area contributed by atoms with Crippen LogP contribution in [0.25, 0.3) is 10.4 Å². The lowest BCUT2D eigenvalue weighted by atomic mass is 9.97. The largest absolute Gasteiger partial charge is 0.491 e. The molecule has 0 radical (unpaired) electrons. The topological polar surface area (TPSA) is 150 Å². The average Bonchev–Trinajstić information content (AvgIpc) is 2.54. The molecule has 0 amide bonds. The summed E-state index contributed by atoms with van der Waals surface area (Å²) >= 11 is 0. The zero-order valence-corrected chi connectivity index (χ0v) is 11.7. The van der Waals surface area contributed by atoms with Crippen molar-refractivity contribution in [3.63, 3.8) is 0 Å². The molecule has 22 heavy (non-hydrogen) atoms. The van der Waals surface area contributed by atoms with Gasteiger partial charge in [0.05, 0.1) is 25.9 Å². The van der Waals surface area contributed by atoms with Crippen LogP contribution in [-0.4, -0.2) is 64.7 Å². The molecular weight excluding hydrogens is 296 g/mol. The number of aliphatic hydroxyl groups excluding tert-OH is 3. The van der Waals surface area contributed by atoms with Crippen molar-refractivity contribution < 1.29 is 29.5 Å². The molecule has 1 aromatic heterocycles. The van der Waals surface area contributed by atoms with E-state index in [1.807, 2.05) is 0 Å². The molecule has 1 fully saturated rings. The summed E-state index contributed by atoms with van der Waals surface area (Å²) in [6.45, 7) is -0.537. The number of azide groups is 1. The second kappa shape index (κ2) is 7.25. The minimum atomic E-state index is -1.44. The fraction of sp³-hybridized carbons (Fsp3) is 0.583. The van der Waals surface area contributed by atoms with Gasteiger partial charge in [0.1, 0.15) is 12.2 Å². The Kier molecular flexibility index (Phi) is 5.36. The molecule has 0 aliphatic carbocycles. The maximum Gasteiger partial charge on any atom is 0.259 e. The predicted octanol–water partition coefficient (Wildman–Crippen LogP) is -0.413. The molecule has 1 aliphatic rings. The molecule has 120 valence electrons. The quantitative estimate of drug-likeness (QED) is 0.380. The number of rotatable bonds is 5. The lowest BCUT2D eigenvalue weighted by Crippen LogP contribution is -2.59. The number of aromatic nitrogens is 1. The van der Waals surface area contributed by atoms with E-state index in [-0.39, 0.29) is 5.88 Å². The van der Waals surface area contributed by atoms with Gasteiger partial charge in [-0.2, -0.15) is 0 Å². The highest BCUT2D eigenvalue weighted by Crippen LogP contribution is 2.29. The van der Waals surface area contributed by atoms with Crippen molar-refractivity contribution in [1.29, 1.82) is 0 Å². The summed E-state index contributed by atoms with van der Waals surface area (Å²) in [5, 5.41) is 32.6. The third kappa shape index (κ3) is 3.21. The Morgan fingerprint density at radius 1 is 1.45 bits per heavy atom. The minimum absolute atomic E-state index is 0.0572. The molecule has 1 aromatic rings. The van der Waals surface area contributed by atoms with Crippen molar-refractivity contribution in [3.8, 4) is 11.6 Å². The van der Waals surface area contributed by atoms with Crippen molar-refractivity contribution in [2.45, 2.75) is 30.6 Å². The highest BCUT2D eigenvalue weighted by atomic mass is 16.7. The molecule has 10 nitrogen and oxygen atoms in total. The van der Waals surface area contributed by atoms with Gasteiger partial charge in [-0.3, -0.25) is 0 Å². The summed E-state index contributed by atoms with van der Waals surface area (Å²) in [7, 11) is 1.42. The normalized spacial score (nSPS) is 31.2. The number of ether oxygens (including phenoxy) is 3. The fourth-order valence-corrected chi connectivity index (χ4v) is 2.09. The van der Waals surface area contributed by atoms with Gasteiger partial charge in [0.15, 0.2) is 5.75 Å². The monoisotopic (exact) mass is 312 g/mol. The molecule has 0 spiro atoms. The van der Waals surface area contributed by atoms with E-state index in [1.54, 1.807) is 12.1 Å². The number of hydrogen-bond acceptors (Lipinski definition) is 8. The molecule has 3 N–H and O–H groups in total. The average molecular weight is 312 g/mol. The SMILES string of the molecule is COc1cccnc1O[C@@H]1O[C@H](CO)[C@@H](O)[C@H](N=[N+]=[N-])[C@H]1O. The van der Waals surface area contributed by atoms with Crippen LogP contribution >= 0.6 is 0 Å². The Bertz CT molecular complexity index is 552. The van der Waals surface area contributed by atoms with Crippen molar-refractivity contribution in [1.82, 2.24) is 4.98 Å². The lowest BCUT2D eigenvalue weighted by Gasteiger charge is -2.39. The predicted molar refractivity (Wildman–Crippen MR) is 72.1 cm³/mol. The number of hydrogen-bond donors (Lipinski definition) is 3. The van der Waals surface area contributed by atoms with Crippen LogP contribution in [0.15, 0.2) is 23.4 Å². The van der Waals surface area contributed by atoms with E-state index in [1.165, 1.54) is 13.3 Å². The Balaban J connectivity index is 2.23. The van der Waals surface area contributed by atoms with Gasteiger partial charge >= 0.3 is 0 Å². The van der Waals surface area contributed by atoms with Crippen LogP contribution in [0.5, 0.6) is 11.6 Å².